The molecule has 182 valence electrons. The number of thioether (sulfide) groups is 1. The van der Waals surface area contributed by atoms with Gasteiger partial charge in [-0.2, -0.15) is 0 Å². The van der Waals surface area contributed by atoms with Gasteiger partial charge in [-0.25, -0.2) is 4.99 Å². The van der Waals surface area contributed by atoms with E-state index in [1.165, 1.54) is 11.8 Å². The van der Waals surface area contributed by atoms with Crippen molar-refractivity contribution in [3.8, 4) is 0 Å². The summed E-state index contributed by atoms with van der Waals surface area (Å²) in [6, 6.07) is 7.16. The lowest BCUT2D eigenvalue weighted by Gasteiger charge is -2.38. The Kier molecular flexibility index (Phi) is 8.01. The molecule has 1 saturated heterocycles. The van der Waals surface area contributed by atoms with Crippen LogP contribution in [0.25, 0.3) is 0 Å². The first-order valence-electron chi connectivity index (χ1n) is 11.8. The maximum absolute atomic E-state index is 13.6. The van der Waals surface area contributed by atoms with Crippen LogP contribution in [0.5, 0.6) is 0 Å². The van der Waals surface area contributed by atoms with Gasteiger partial charge in [-0.05, 0) is 56.7 Å². The van der Waals surface area contributed by atoms with E-state index in [0.717, 1.165) is 35.9 Å². The van der Waals surface area contributed by atoms with Crippen molar-refractivity contribution in [2.75, 3.05) is 26.2 Å². The van der Waals surface area contributed by atoms with Gasteiger partial charge in [0.1, 0.15) is 0 Å². The topological polar surface area (TPSA) is 74.2 Å². The van der Waals surface area contributed by atoms with E-state index in [9.17, 15) is 9.59 Å². The molecular weight excluding hydrogens is 472 g/mol. The van der Waals surface area contributed by atoms with E-state index < -0.39 is 0 Å². The lowest BCUT2D eigenvalue weighted by Crippen LogP contribution is -2.42. The van der Waals surface area contributed by atoms with Crippen molar-refractivity contribution >= 4 is 40.3 Å². The van der Waals surface area contributed by atoms with Crippen molar-refractivity contribution in [3.05, 3.63) is 57.2 Å². The molecule has 3 aliphatic heterocycles. The number of allylic oxidation sites excluding steroid dienone is 1. The number of fused-ring (bicyclic) bond motifs is 1. The molecule has 0 aliphatic carbocycles. The Hall–Kier alpha value is -2.29. The highest BCUT2D eigenvalue weighted by Crippen LogP contribution is 2.45. The van der Waals surface area contributed by atoms with E-state index in [4.69, 9.17) is 21.3 Å². The second-order valence-electron chi connectivity index (χ2n) is 8.54. The number of carbonyl (C=O) groups is 2. The fourth-order valence-corrected chi connectivity index (χ4v) is 5.63. The van der Waals surface area contributed by atoms with Crippen LogP contribution in [-0.4, -0.2) is 59.1 Å². The van der Waals surface area contributed by atoms with E-state index in [2.05, 4.69) is 5.32 Å². The van der Waals surface area contributed by atoms with Gasteiger partial charge in [0, 0.05) is 37.0 Å². The summed E-state index contributed by atoms with van der Waals surface area (Å²) in [7, 11) is 0. The Morgan fingerprint density at radius 3 is 2.65 bits per heavy atom. The standard InChI is InChI=1S/C25H31ClN4O3S/c1-4-29(5-2)24(32)22-16(3)28-25-30(23(22)17-8-10-18(26)11-9-17)19(15-34-25)13-21(31)27-14-20-7-6-12-33-20/h8-11,15,20,23H,4-7,12-14H2,1-3H3,(H,27,31). The van der Waals surface area contributed by atoms with Crippen LogP contribution in [0.4, 0.5) is 0 Å². The fourth-order valence-electron chi connectivity index (χ4n) is 4.54. The number of aliphatic imine (C=N–C) groups is 1. The van der Waals surface area contributed by atoms with Gasteiger partial charge in [0.25, 0.3) is 5.91 Å². The van der Waals surface area contributed by atoms with Gasteiger partial charge in [-0.3, -0.25) is 9.59 Å². The summed E-state index contributed by atoms with van der Waals surface area (Å²) in [4.78, 5) is 35.0. The van der Waals surface area contributed by atoms with Crippen molar-refractivity contribution in [2.45, 2.75) is 52.2 Å². The zero-order valence-electron chi connectivity index (χ0n) is 19.8. The van der Waals surface area contributed by atoms with Crippen molar-refractivity contribution in [1.29, 1.82) is 0 Å². The summed E-state index contributed by atoms with van der Waals surface area (Å²) < 4.78 is 5.62. The Labute approximate surface area is 210 Å². The molecule has 1 N–H and O–H groups in total. The van der Waals surface area contributed by atoms with Gasteiger partial charge in [0.15, 0.2) is 5.17 Å². The molecule has 2 unspecified atom stereocenters. The van der Waals surface area contributed by atoms with Crippen molar-refractivity contribution in [3.63, 3.8) is 0 Å². The van der Waals surface area contributed by atoms with E-state index in [-0.39, 0.29) is 30.4 Å². The largest absolute Gasteiger partial charge is 0.376 e. The van der Waals surface area contributed by atoms with Gasteiger partial charge >= 0.3 is 0 Å². The number of rotatable bonds is 8. The molecule has 0 radical (unpaired) electrons. The molecule has 4 rings (SSSR count). The summed E-state index contributed by atoms with van der Waals surface area (Å²) in [6.45, 7) is 8.33. The number of hydrogen-bond donors (Lipinski definition) is 1. The van der Waals surface area contributed by atoms with Gasteiger partial charge < -0.3 is 19.9 Å². The van der Waals surface area contributed by atoms with E-state index >= 15 is 0 Å². The molecular formula is C25H31ClN4O3S. The third kappa shape index (κ3) is 5.19. The predicted molar refractivity (Wildman–Crippen MR) is 136 cm³/mol. The summed E-state index contributed by atoms with van der Waals surface area (Å²) in [6.07, 6.45) is 2.30. The molecule has 3 aliphatic rings. The van der Waals surface area contributed by atoms with E-state index in [1.807, 2.05) is 60.2 Å². The Bertz CT molecular complexity index is 1030. The Morgan fingerprint density at radius 2 is 2.00 bits per heavy atom. The van der Waals surface area contributed by atoms with Gasteiger partial charge in [-0.15, -0.1) is 0 Å². The number of amides is 2. The van der Waals surface area contributed by atoms with Gasteiger partial charge in [0.2, 0.25) is 5.91 Å². The van der Waals surface area contributed by atoms with Crippen LogP contribution in [-0.2, 0) is 14.3 Å². The molecule has 0 spiro atoms. The quantitative estimate of drug-likeness (QED) is 0.567. The van der Waals surface area contributed by atoms with Crippen LogP contribution in [0, 0.1) is 0 Å². The van der Waals surface area contributed by atoms with Crippen LogP contribution in [0.15, 0.2) is 51.6 Å². The number of carbonyl (C=O) groups excluding carboxylic acids is 2. The maximum atomic E-state index is 13.6. The lowest BCUT2D eigenvalue weighted by molar-refractivity contribution is -0.127. The monoisotopic (exact) mass is 502 g/mol. The second kappa shape index (κ2) is 11.0. The molecule has 0 aromatic heterocycles. The summed E-state index contributed by atoms with van der Waals surface area (Å²) in [5.74, 6) is -0.106. The van der Waals surface area contributed by atoms with Crippen LogP contribution >= 0.6 is 23.4 Å². The van der Waals surface area contributed by atoms with Crippen LogP contribution in [0.1, 0.15) is 51.6 Å². The molecule has 7 nitrogen and oxygen atoms in total. The Morgan fingerprint density at radius 1 is 1.26 bits per heavy atom. The number of ether oxygens (including phenoxy) is 1. The number of halogens is 1. The minimum atomic E-state index is -0.384. The number of hydrogen-bond acceptors (Lipinski definition) is 6. The highest BCUT2D eigenvalue weighted by molar-refractivity contribution is 8.16. The van der Waals surface area contributed by atoms with Gasteiger partial charge in [0.05, 0.1) is 29.8 Å². The van der Waals surface area contributed by atoms with Crippen molar-refractivity contribution in [1.82, 2.24) is 15.1 Å². The van der Waals surface area contributed by atoms with Crippen LogP contribution < -0.4 is 5.32 Å². The SMILES string of the molecule is CCN(CC)C(=O)C1=C(C)N=C2SC=C(CC(=O)NCC3CCCO3)N2C1c1ccc(Cl)cc1. The number of amidine groups is 1. The number of nitrogens with zero attached hydrogens (tertiary/aromatic N) is 3. The lowest BCUT2D eigenvalue weighted by atomic mass is 9.92. The minimum Gasteiger partial charge on any atom is -0.376 e. The number of nitrogens with one attached hydrogen (secondary N) is 1. The van der Waals surface area contributed by atoms with Crippen molar-refractivity contribution in [2.24, 2.45) is 4.99 Å². The molecule has 0 bridgehead atoms. The molecule has 2 amide bonds. The van der Waals surface area contributed by atoms with Crippen molar-refractivity contribution < 1.29 is 14.3 Å². The van der Waals surface area contributed by atoms with E-state index in [0.29, 0.717) is 35.9 Å². The zero-order chi connectivity index (χ0) is 24.2. The van der Waals surface area contributed by atoms with Crippen LogP contribution in [0.3, 0.4) is 0 Å². The zero-order valence-corrected chi connectivity index (χ0v) is 21.4. The average molecular weight is 503 g/mol. The molecule has 3 heterocycles. The minimum absolute atomic E-state index is 0.0377. The maximum Gasteiger partial charge on any atom is 0.254 e. The highest BCUT2D eigenvalue weighted by Gasteiger charge is 2.41. The summed E-state index contributed by atoms with van der Waals surface area (Å²) in [5.41, 5.74) is 3.08. The normalized spacial score (nSPS) is 21.8. The molecule has 34 heavy (non-hydrogen) atoms. The average Bonchev–Trinajstić information content (AvgIpc) is 3.48. The first kappa shape index (κ1) is 24.8. The first-order valence-corrected chi connectivity index (χ1v) is 13.1. The fraction of sp³-hybridized carbons (Fsp3) is 0.480. The third-order valence-electron chi connectivity index (χ3n) is 6.36. The van der Waals surface area contributed by atoms with Gasteiger partial charge in [-0.1, -0.05) is 35.5 Å². The molecule has 0 saturated carbocycles. The molecule has 1 aromatic carbocycles. The molecule has 1 aromatic rings. The number of likely N-dealkylation sites (N-methyl/N-ethyl adjacent to an activating group) is 1. The second-order valence-corrected chi connectivity index (χ2v) is 9.81. The number of benzene rings is 1. The summed E-state index contributed by atoms with van der Waals surface area (Å²) >= 11 is 7.65. The molecule has 1 fully saturated rings. The summed E-state index contributed by atoms with van der Waals surface area (Å²) in [5, 5.41) is 6.37. The molecule has 2 atom stereocenters. The highest BCUT2D eigenvalue weighted by atomic mass is 35.5. The first-order chi connectivity index (χ1) is 16.4. The smallest absolute Gasteiger partial charge is 0.254 e. The van der Waals surface area contributed by atoms with E-state index in [1.54, 1.807) is 0 Å². The Balaban J connectivity index is 1.63. The third-order valence-corrected chi connectivity index (χ3v) is 7.50. The molecule has 9 heteroatoms. The predicted octanol–water partition coefficient (Wildman–Crippen LogP) is 4.47. The van der Waals surface area contributed by atoms with Crippen LogP contribution in [0.2, 0.25) is 5.02 Å².